The van der Waals surface area contributed by atoms with Crippen LogP contribution in [-0.4, -0.2) is 89.1 Å². The van der Waals surface area contributed by atoms with Gasteiger partial charge in [0.15, 0.2) is 0 Å². The van der Waals surface area contributed by atoms with E-state index in [1.54, 1.807) is 11.0 Å². The number of aromatic hydroxyl groups is 1. The molecule has 0 bridgehead atoms. The summed E-state index contributed by atoms with van der Waals surface area (Å²) < 4.78 is 11.3. The molecule has 0 spiro atoms. The molecule has 162 valence electrons. The third-order valence-corrected chi connectivity index (χ3v) is 5.91. The number of ether oxygens (including phenoxy) is 2. The molecule has 11 heteroatoms. The molecule has 0 aromatic heterocycles. The van der Waals surface area contributed by atoms with Gasteiger partial charge in [-0.25, -0.2) is 4.79 Å². The number of morpholine rings is 1. The van der Waals surface area contributed by atoms with Gasteiger partial charge in [0.2, 0.25) is 5.91 Å². The van der Waals surface area contributed by atoms with E-state index in [0.29, 0.717) is 38.2 Å². The van der Waals surface area contributed by atoms with Crippen LogP contribution in [0.2, 0.25) is 5.82 Å². The summed E-state index contributed by atoms with van der Waals surface area (Å²) in [5.41, 5.74) is 0.0152. The van der Waals surface area contributed by atoms with Crippen molar-refractivity contribution in [2.75, 3.05) is 32.8 Å². The van der Waals surface area contributed by atoms with E-state index in [1.165, 1.54) is 6.07 Å². The lowest BCUT2D eigenvalue weighted by atomic mass is 9.81. The van der Waals surface area contributed by atoms with Crippen molar-refractivity contribution in [3.8, 4) is 11.5 Å². The van der Waals surface area contributed by atoms with Gasteiger partial charge in [-0.2, -0.15) is 0 Å². The second-order valence-electron chi connectivity index (χ2n) is 8.04. The third kappa shape index (κ3) is 4.24. The van der Waals surface area contributed by atoms with Crippen molar-refractivity contribution in [2.45, 2.75) is 36.8 Å². The lowest BCUT2D eigenvalue weighted by Gasteiger charge is -2.40. The Hall–Kier alpha value is -2.34. The molecule has 5 N–H and O–H groups in total. The van der Waals surface area contributed by atoms with E-state index in [1.807, 2.05) is 0 Å². The van der Waals surface area contributed by atoms with Crippen LogP contribution in [0.25, 0.3) is 0 Å². The van der Waals surface area contributed by atoms with Crippen LogP contribution >= 0.6 is 0 Å². The molecule has 3 fully saturated rings. The number of nitrogens with one attached hydrogen (secondary N) is 1. The van der Waals surface area contributed by atoms with E-state index in [2.05, 4.69) is 5.32 Å². The first-order chi connectivity index (χ1) is 14.3. The Kier molecular flexibility index (Phi) is 5.87. The maximum atomic E-state index is 12.3. The molecule has 10 nitrogen and oxygen atoms in total. The van der Waals surface area contributed by atoms with Crippen LogP contribution in [-0.2, 0) is 9.53 Å². The second kappa shape index (κ2) is 8.42. The van der Waals surface area contributed by atoms with E-state index in [0.717, 1.165) is 6.54 Å². The maximum absolute atomic E-state index is 12.3. The zero-order valence-electron chi connectivity index (χ0n) is 16.4. The molecule has 1 aromatic rings. The summed E-state index contributed by atoms with van der Waals surface area (Å²) in [6.45, 7) is 2.68. The highest BCUT2D eigenvalue weighted by Gasteiger charge is 2.48. The highest BCUT2D eigenvalue weighted by molar-refractivity contribution is 6.44. The number of rotatable bonds is 7. The largest absolute Gasteiger partial charge is 0.507 e. The van der Waals surface area contributed by atoms with Gasteiger partial charge in [0.05, 0.1) is 32.2 Å². The molecular formula is C19H25BN2O8. The van der Waals surface area contributed by atoms with Crippen LogP contribution in [0.1, 0.15) is 34.7 Å². The average Bonchev–Trinajstić information content (AvgIpc) is 3.45. The molecule has 3 atom stereocenters. The molecule has 2 saturated heterocycles. The number of hydrogen-bond donors (Lipinski definition) is 5. The van der Waals surface area contributed by atoms with E-state index in [9.17, 15) is 29.9 Å². The van der Waals surface area contributed by atoms with Crippen molar-refractivity contribution >= 4 is 19.0 Å². The number of amides is 1. The van der Waals surface area contributed by atoms with Gasteiger partial charge in [-0.3, -0.25) is 4.79 Å². The Balaban J connectivity index is 1.36. The van der Waals surface area contributed by atoms with Gasteiger partial charge in [0.25, 0.3) is 0 Å². The summed E-state index contributed by atoms with van der Waals surface area (Å²) in [5.74, 6) is -2.48. The van der Waals surface area contributed by atoms with E-state index in [-0.39, 0.29) is 41.8 Å². The van der Waals surface area contributed by atoms with Gasteiger partial charge >= 0.3 is 13.1 Å². The third-order valence-electron chi connectivity index (χ3n) is 5.91. The monoisotopic (exact) mass is 420 g/mol. The normalized spacial score (nSPS) is 26.1. The van der Waals surface area contributed by atoms with Crippen LogP contribution in [0, 0.1) is 0 Å². The number of hydrogen-bond acceptors (Lipinski definition) is 8. The van der Waals surface area contributed by atoms with Gasteiger partial charge in [-0.15, -0.1) is 0 Å². The predicted molar refractivity (Wildman–Crippen MR) is 105 cm³/mol. The van der Waals surface area contributed by atoms with Crippen molar-refractivity contribution in [1.82, 2.24) is 10.2 Å². The fourth-order valence-corrected chi connectivity index (χ4v) is 4.07. The Morgan fingerprint density at radius 2 is 2.07 bits per heavy atom. The summed E-state index contributed by atoms with van der Waals surface area (Å²) in [6.07, 6.45) is 0.243. The van der Waals surface area contributed by atoms with E-state index >= 15 is 0 Å². The van der Waals surface area contributed by atoms with Crippen LogP contribution < -0.4 is 10.1 Å². The molecule has 4 rings (SSSR count). The molecule has 1 unspecified atom stereocenters. The minimum atomic E-state index is -1.51. The summed E-state index contributed by atoms with van der Waals surface area (Å²) >= 11 is 0. The number of nitrogens with zero attached hydrogens (tertiary/aromatic N) is 1. The summed E-state index contributed by atoms with van der Waals surface area (Å²) in [7, 11) is -1.51. The predicted octanol–water partition coefficient (Wildman–Crippen LogP) is -0.611. The van der Waals surface area contributed by atoms with Crippen LogP contribution in [0.4, 0.5) is 0 Å². The molecule has 1 aromatic carbocycles. The van der Waals surface area contributed by atoms with Crippen LogP contribution in [0.15, 0.2) is 12.1 Å². The van der Waals surface area contributed by atoms with E-state index in [4.69, 9.17) is 9.47 Å². The number of carbonyl (C=O) groups excluding carboxylic acids is 1. The lowest BCUT2D eigenvalue weighted by Crippen LogP contribution is -2.57. The molecule has 2 heterocycles. The number of phenols is 1. The molecule has 1 saturated carbocycles. The highest BCUT2D eigenvalue weighted by atomic mass is 16.5. The van der Waals surface area contributed by atoms with Gasteiger partial charge < -0.3 is 40.0 Å². The molecule has 0 radical (unpaired) electrons. The van der Waals surface area contributed by atoms with Crippen molar-refractivity contribution in [3.63, 3.8) is 0 Å². The Morgan fingerprint density at radius 3 is 2.67 bits per heavy atom. The fourth-order valence-electron chi connectivity index (χ4n) is 4.07. The number of aromatic carboxylic acids is 1. The van der Waals surface area contributed by atoms with Gasteiger partial charge in [0.1, 0.15) is 23.2 Å². The van der Waals surface area contributed by atoms with Crippen LogP contribution in [0.5, 0.6) is 11.5 Å². The molecule has 2 aliphatic heterocycles. The highest BCUT2D eigenvalue weighted by Crippen LogP contribution is 2.56. The maximum Gasteiger partial charge on any atom is 0.455 e. The SMILES string of the molecule is O=C(O)c1c(OC2CN(C(=O)C[C@H]3CNCCO3)C2)ccc([C@H]2CC2B(O)O)c1O. The zero-order chi connectivity index (χ0) is 21.4. The molecule has 1 amide bonds. The zero-order valence-corrected chi connectivity index (χ0v) is 16.4. The first-order valence-corrected chi connectivity index (χ1v) is 10.1. The summed E-state index contributed by atoms with van der Waals surface area (Å²) in [4.78, 5) is 25.7. The minimum Gasteiger partial charge on any atom is -0.507 e. The van der Waals surface area contributed by atoms with Gasteiger partial charge in [-0.1, -0.05) is 6.07 Å². The number of carbonyl (C=O) groups is 2. The fraction of sp³-hybridized carbons (Fsp3) is 0.579. The van der Waals surface area contributed by atoms with Crippen molar-refractivity contribution in [3.05, 3.63) is 23.3 Å². The number of likely N-dealkylation sites (tertiary alicyclic amines) is 1. The molecule has 3 aliphatic rings. The summed E-state index contributed by atoms with van der Waals surface area (Å²) in [6, 6.07) is 3.03. The quantitative estimate of drug-likeness (QED) is 0.364. The van der Waals surface area contributed by atoms with Crippen molar-refractivity contribution < 1.29 is 39.3 Å². The topological polar surface area (TPSA) is 149 Å². The lowest BCUT2D eigenvalue weighted by molar-refractivity contribution is -0.143. The van der Waals surface area contributed by atoms with Crippen LogP contribution in [0.3, 0.4) is 0 Å². The van der Waals surface area contributed by atoms with E-state index < -0.39 is 24.7 Å². The average molecular weight is 420 g/mol. The number of carboxylic acid groups (broad SMARTS) is 1. The number of carboxylic acids is 1. The smallest absolute Gasteiger partial charge is 0.455 e. The Labute approximate surface area is 173 Å². The Morgan fingerprint density at radius 1 is 1.30 bits per heavy atom. The Bertz CT molecular complexity index is 823. The minimum absolute atomic E-state index is 0.0300. The standard InChI is InChI=1S/C19H25BN2O8/c23-16(5-10-7-21-3-4-29-10)22-8-11(9-22)30-15-2-1-12(13-6-14(13)20(27)28)18(24)17(15)19(25)26/h1-2,10-11,13-14,21,24,27-28H,3-9H2,(H,25,26)/t10-,13+,14?/m0/s1. The molecule has 1 aliphatic carbocycles. The molecule has 30 heavy (non-hydrogen) atoms. The first-order valence-electron chi connectivity index (χ1n) is 10.1. The van der Waals surface area contributed by atoms with Gasteiger partial charge in [0, 0.05) is 18.9 Å². The summed E-state index contributed by atoms with van der Waals surface area (Å²) in [5, 5.41) is 41.7. The second-order valence-corrected chi connectivity index (χ2v) is 8.04. The van der Waals surface area contributed by atoms with Crippen molar-refractivity contribution in [2.24, 2.45) is 0 Å². The first kappa shape index (κ1) is 20.9. The van der Waals surface area contributed by atoms with Gasteiger partial charge in [-0.05, 0) is 24.0 Å². The molecular weight excluding hydrogens is 395 g/mol. The van der Waals surface area contributed by atoms with Crippen molar-refractivity contribution in [1.29, 1.82) is 0 Å². The number of benzene rings is 1.